The minimum atomic E-state index is -0.444. The van der Waals surface area contributed by atoms with E-state index in [-0.39, 0.29) is 11.4 Å². The number of fused-ring (bicyclic) bond motifs is 1. The van der Waals surface area contributed by atoms with Crippen LogP contribution in [0.15, 0.2) is 36.5 Å². The molecule has 6 heteroatoms. The highest BCUT2D eigenvalue weighted by molar-refractivity contribution is 5.95. The van der Waals surface area contributed by atoms with Crippen LogP contribution in [0.2, 0.25) is 0 Å². The second kappa shape index (κ2) is 7.47. The lowest BCUT2D eigenvalue weighted by molar-refractivity contribution is 0.295. The lowest BCUT2D eigenvalue weighted by atomic mass is 10.1. The molecule has 3 aromatic rings. The van der Waals surface area contributed by atoms with Crippen LogP contribution in [0, 0.1) is 12.7 Å². The maximum absolute atomic E-state index is 14.2. The van der Waals surface area contributed by atoms with Gasteiger partial charge in [0.1, 0.15) is 11.6 Å². The van der Waals surface area contributed by atoms with E-state index in [0.29, 0.717) is 34.9 Å². The van der Waals surface area contributed by atoms with E-state index in [1.807, 2.05) is 13.0 Å². The number of phenols is 1. The molecule has 0 saturated heterocycles. The number of ether oxygens (including phenoxy) is 2. The van der Waals surface area contributed by atoms with Crippen LogP contribution in [-0.2, 0) is 0 Å². The summed E-state index contributed by atoms with van der Waals surface area (Å²) in [5.41, 5.74) is 2.01. The summed E-state index contributed by atoms with van der Waals surface area (Å²) in [6, 6.07) is 8.01. The third-order valence-electron chi connectivity index (χ3n) is 4.04. The number of aromatic nitrogens is 1. The Labute approximate surface area is 151 Å². The Morgan fingerprint density at radius 2 is 1.96 bits per heavy atom. The SMILES string of the molecule is CCCOc1cc2nccc(Nc3cc(O)c(C)cc3F)c2cc1OC. The summed E-state index contributed by atoms with van der Waals surface area (Å²) in [7, 11) is 1.57. The Hall–Kier alpha value is -3.02. The van der Waals surface area contributed by atoms with Gasteiger partial charge in [-0.15, -0.1) is 0 Å². The zero-order valence-corrected chi connectivity index (χ0v) is 15.0. The predicted octanol–water partition coefficient (Wildman–Crippen LogP) is 4.93. The molecular weight excluding hydrogens is 335 g/mol. The fraction of sp³-hybridized carbons (Fsp3) is 0.250. The molecule has 3 rings (SSSR count). The number of hydrogen-bond acceptors (Lipinski definition) is 5. The zero-order valence-electron chi connectivity index (χ0n) is 15.0. The molecule has 0 unspecified atom stereocenters. The van der Waals surface area contributed by atoms with Crippen LogP contribution in [0.5, 0.6) is 17.2 Å². The van der Waals surface area contributed by atoms with E-state index in [2.05, 4.69) is 10.3 Å². The van der Waals surface area contributed by atoms with Crippen molar-refractivity contribution in [1.29, 1.82) is 0 Å². The predicted molar refractivity (Wildman–Crippen MR) is 100 cm³/mol. The fourth-order valence-corrected chi connectivity index (χ4v) is 2.65. The molecule has 1 heterocycles. The highest BCUT2D eigenvalue weighted by atomic mass is 19.1. The quantitative estimate of drug-likeness (QED) is 0.656. The van der Waals surface area contributed by atoms with E-state index in [4.69, 9.17) is 9.47 Å². The van der Waals surface area contributed by atoms with Crippen LogP contribution >= 0.6 is 0 Å². The van der Waals surface area contributed by atoms with Gasteiger partial charge in [0, 0.05) is 29.4 Å². The highest BCUT2D eigenvalue weighted by Gasteiger charge is 2.13. The molecule has 5 nitrogen and oxygen atoms in total. The van der Waals surface area contributed by atoms with Crippen molar-refractivity contribution in [2.24, 2.45) is 0 Å². The van der Waals surface area contributed by atoms with Gasteiger partial charge in [0.25, 0.3) is 0 Å². The standard InChI is InChI=1S/C20H21FN2O3/c1-4-7-26-20-11-16-13(9-19(20)25-3)15(5-6-22-16)23-17-10-18(24)12(2)8-14(17)21/h5-6,8-11,24H,4,7H2,1-3H3,(H,22,23). The van der Waals surface area contributed by atoms with Gasteiger partial charge in [0.2, 0.25) is 0 Å². The van der Waals surface area contributed by atoms with Gasteiger partial charge in [-0.05, 0) is 37.1 Å². The maximum Gasteiger partial charge on any atom is 0.163 e. The first-order chi connectivity index (χ1) is 12.5. The van der Waals surface area contributed by atoms with E-state index in [1.54, 1.807) is 32.4 Å². The average Bonchev–Trinajstić information content (AvgIpc) is 2.63. The van der Waals surface area contributed by atoms with E-state index in [9.17, 15) is 9.50 Å². The third kappa shape index (κ3) is 3.49. The number of halogens is 1. The smallest absolute Gasteiger partial charge is 0.163 e. The Morgan fingerprint density at radius 1 is 1.15 bits per heavy atom. The summed E-state index contributed by atoms with van der Waals surface area (Å²) in [6.07, 6.45) is 2.51. The molecule has 0 radical (unpaired) electrons. The number of anilines is 2. The molecule has 0 aliphatic rings. The summed E-state index contributed by atoms with van der Waals surface area (Å²) < 4.78 is 25.4. The Balaban J connectivity index is 2.05. The highest BCUT2D eigenvalue weighted by Crippen LogP contribution is 2.36. The second-order valence-electron chi connectivity index (χ2n) is 5.97. The number of phenolic OH excluding ortho intramolecular Hbond substituents is 1. The molecular formula is C20H21FN2O3. The van der Waals surface area contributed by atoms with Gasteiger partial charge < -0.3 is 19.9 Å². The number of nitrogens with one attached hydrogen (secondary N) is 1. The van der Waals surface area contributed by atoms with Gasteiger partial charge in [-0.3, -0.25) is 4.98 Å². The topological polar surface area (TPSA) is 63.6 Å². The number of hydrogen-bond donors (Lipinski definition) is 2. The summed E-state index contributed by atoms with van der Waals surface area (Å²) >= 11 is 0. The Bertz CT molecular complexity index is 944. The Morgan fingerprint density at radius 3 is 2.69 bits per heavy atom. The van der Waals surface area contributed by atoms with Crippen LogP contribution in [-0.4, -0.2) is 23.8 Å². The maximum atomic E-state index is 14.2. The van der Waals surface area contributed by atoms with Crippen LogP contribution < -0.4 is 14.8 Å². The van der Waals surface area contributed by atoms with E-state index in [0.717, 1.165) is 11.8 Å². The number of benzene rings is 2. The number of aromatic hydroxyl groups is 1. The summed E-state index contributed by atoms with van der Waals surface area (Å²) in [5, 5.41) is 13.6. The Kier molecular flexibility index (Phi) is 5.11. The number of methoxy groups -OCH3 is 1. The molecule has 0 aliphatic carbocycles. The second-order valence-corrected chi connectivity index (χ2v) is 5.97. The van der Waals surface area contributed by atoms with Crippen molar-refractivity contribution in [3.63, 3.8) is 0 Å². The molecule has 2 aromatic carbocycles. The van der Waals surface area contributed by atoms with Crippen LogP contribution in [0.1, 0.15) is 18.9 Å². The monoisotopic (exact) mass is 356 g/mol. The molecule has 26 heavy (non-hydrogen) atoms. The number of rotatable bonds is 6. The van der Waals surface area contributed by atoms with Gasteiger partial charge in [-0.25, -0.2) is 4.39 Å². The summed E-state index contributed by atoms with van der Waals surface area (Å²) in [4.78, 5) is 4.36. The van der Waals surface area contributed by atoms with Crippen molar-refractivity contribution in [1.82, 2.24) is 4.98 Å². The van der Waals surface area contributed by atoms with Crippen molar-refractivity contribution in [2.75, 3.05) is 19.0 Å². The molecule has 0 bridgehead atoms. The van der Waals surface area contributed by atoms with Crippen molar-refractivity contribution < 1.29 is 19.0 Å². The molecule has 1 aromatic heterocycles. The normalized spacial score (nSPS) is 10.8. The number of aryl methyl sites for hydroxylation is 1. The van der Waals surface area contributed by atoms with Crippen molar-refractivity contribution in [2.45, 2.75) is 20.3 Å². The first kappa shape index (κ1) is 17.8. The van der Waals surface area contributed by atoms with E-state index >= 15 is 0 Å². The number of nitrogens with zero attached hydrogens (tertiary/aromatic N) is 1. The van der Waals surface area contributed by atoms with Crippen molar-refractivity contribution in [3.05, 3.63) is 47.9 Å². The summed E-state index contributed by atoms with van der Waals surface area (Å²) in [6.45, 7) is 4.25. The van der Waals surface area contributed by atoms with Gasteiger partial charge in [-0.1, -0.05) is 6.92 Å². The fourth-order valence-electron chi connectivity index (χ4n) is 2.65. The largest absolute Gasteiger partial charge is 0.508 e. The molecule has 0 aliphatic heterocycles. The van der Waals surface area contributed by atoms with Gasteiger partial charge in [-0.2, -0.15) is 0 Å². The molecule has 0 spiro atoms. The first-order valence-corrected chi connectivity index (χ1v) is 8.39. The van der Waals surface area contributed by atoms with Crippen molar-refractivity contribution in [3.8, 4) is 17.2 Å². The molecule has 0 amide bonds. The van der Waals surface area contributed by atoms with Crippen LogP contribution in [0.25, 0.3) is 10.9 Å². The van der Waals surface area contributed by atoms with Crippen molar-refractivity contribution >= 4 is 22.3 Å². The number of pyridine rings is 1. The summed E-state index contributed by atoms with van der Waals surface area (Å²) in [5.74, 6) is 0.778. The first-order valence-electron chi connectivity index (χ1n) is 8.39. The zero-order chi connectivity index (χ0) is 18.7. The lowest BCUT2D eigenvalue weighted by Crippen LogP contribution is -2.00. The molecule has 0 saturated carbocycles. The van der Waals surface area contributed by atoms with Gasteiger partial charge >= 0.3 is 0 Å². The van der Waals surface area contributed by atoms with Crippen LogP contribution in [0.4, 0.5) is 15.8 Å². The minimum Gasteiger partial charge on any atom is -0.508 e. The lowest BCUT2D eigenvalue weighted by Gasteiger charge is -2.15. The third-order valence-corrected chi connectivity index (χ3v) is 4.04. The van der Waals surface area contributed by atoms with Gasteiger partial charge in [0.15, 0.2) is 11.5 Å². The molecule has 136 valence electrons. The van der Waals surface area contributed by atoms with E-state index in [1.165, 1.54) is 12.1 Å². The minimum absolute atomic E-state index is 0.0279. The van der Waals surface area contributed by atoms with Crippen LogP contribution in [0.3, 0.4) is 0 Å². The molecule has 2 N–H and O–H groups in total. The average molecular weight is 356 g/mol. The molecule has 0 atom stereocenters. The van der Waals surface area contributed by atoms with E-state index < -0.39 is 5.82 Å². The van der Waals surface area contributed by atoms with Gasteiger partial charge in [0.05, 0.1) is 24.9 Å². The molecule has 0 fully saturated rings.